The van der Waals surface area contributed by atoms with Crippen LogP contribution < -0.4 is 26.2 Å². The van der Waals surface area contributed by atoms with E-state index in [1.807, 2.05) is 0 Å². The number of hydrogen-bond donors (Lipinski definition) is 0. The minimum atomic E-state index is -0.385. The van der Waals surface area contributed by atoms with Crippen molar-refractivity contribution in [2.75, 3.05) is 9.80 Å². The molecule has 0 unspecified atom stereocenters. The van der Waals surface area contributed by atoms with Gasteiger partial charge in [-0.05, 0) is 189 Å². The van der Waals surface area contributed by atoms with Crippen molar-refractivity contribution >= 4 is 101 Å². The molecule has 0 bridgehead atoms. The number of rotatable bonds is 12. The van der Waals surface area contributed by atoms with Gasteiger partial charge in [0.15, 0.2) is 0 Å². The Labute approximate surface area is 646 Å². The first-order valence-corrected chi connectivity index (χ1v) is 38.5. The molecule has 0 spiro atoms. The van der Waals surface area contributed by atoms with Crippen molar-refractivity contribution in [1.29, 1.82) is 0 Å². The summed E-state index contributed by atoms with van der Waals surface area (Å²) in [6, 6.07) is 143. The van der Waals surface area contributed by atoms with E-state index in [1.54, 1.807) is 0 Å². The Morgan fingerprint density at radius 1 is 0.234 bits per heavy atom. The van der Waals surface area contributed by atoms with Crippen LogP contribution in [0.2, 0.25) is 0 Å². The summed E-state index contributed by atoms with van der Waals surface area (Å²) in [4.78, 5) is 5.35. The number of fused-ring (bicyclic) bond motifs is 10. The van der Waals surface area contributed by atoms with Gasteiger partial charge >= 0.3 is 0 Å². The minimum absolute atomic E-state index is 0.342. The lowest BCUT2D eigenvalue weighted by atomic mass is 9.33. The summed E-state index contributed by atoms with van der Waals surface area (Å²) >= 11 is 0. The Hall–Kier alpha value is -14.0. The van der Waals surface area contributed by atoms with Gasteiger partial charge in [0.05, 0.1) is 22.1 Å². The van der Waals surface area contributed by atoms with Gasteiger partial charge in [-0.1, -0.05) is 336 Å². The highest BCUT2D eigenvalue weighted by molar-refractivity contribution is 7.00. The van der Waals surface area contributed by atoms with Gasteiger partial charge in [0.25, 0.3) is 6.71 Å². The molecule has 2 aromatic heterocycles. The molecular formula is C106H73BN2O2. The Morgan fingerprint density at radius 2 is 0.523 bits per heavy atom. The molecule has 21 rings (SSSR count). The molecular weight excluding hydrogens is 1340 g/mol. The van der Waals surface area contributed by atoms with Crippen LogP contribution in [0.5, 0.6) is 0 Å². The van der Waals surface area contributed by atoms with Crippen LogP contribution in [0.25, 0.3) is 155 Å². The van der Waals surface area contributed by atoms with E-state index >= 15 is 0 Å². The van der Waals surface area contributed by atoms with E-state index in [0.29, 0.717) is 0 Å². The van der Waals surface area contributed by atoms with Crippen LogP contribution in [-0.2, 0) is 5.41 Å². The van der Waals surface area contributed by atoms with Crippen LogP contribution >= 0.6 is 0 Å². The minimum Gasteiger partial charge on any atom is -0.455 e. The lowest BCUT2D eigenvalue weighted by Gasteiger charge is -2.46. The van der Waals surface area contributed by atoms with Crippen molar-refractivity contribution in [3.05, 3.63) is 394 Å². The maximum absolute atomic E-state index is 7.48. The Morgan fingerprint density at radius 3 is 0.874 bits per heavy atom. The van der Waals surface area contributed by atoms with Gasteiger partial charge in [0.2, 0.25) is 0 Å². The Kier molecular flexibility index (Phi) is 15.6. The van der Waals surface area contributed by atoms with Crippen molar-refractivity contribution in [2.45, 2.75) is 26.2 Å². The van der Waals surface area contributed by atoms with Gasteiger partial charge < -0.3 is 18.6 Å². The molecule has 522 valence electrons. The van der Waals surface area contributed by atoms with Crippen LogP contribution in [0.3, 0.4) is 0 Å². The molecule has 0 atom stereocenters. The number of furan rings is 2. The predicted octanol–water partition coefficient (Wildman–Crippen LogP) is 27.5. The molecule has 0 aliphatic carbocycles. The fourth-order valence-electron chi connectivity index (χ4n) is 17.6. The number of nitrogens with zero attached hydrogens (tertiary/aromatic N) is 2. The molecule has 19 aromatic rings. The highest BCUT2D eigenvalue weighted by atomic mass is 16.3. The van der Waals surface area contributed by atoms with Gasteiger partial charge in [-0.3, -0.25) is 0 Å². The summed E-state index contributed by atoms with van der Waals surface area (Å²) in [5.41, 5.74) is 36.2. The molecule has 0 amide bonds. The highest BCUT2D eigenvalue weighted by Gasteiger charge is 2.47. The first-order chi connectivity index (χ1) is 54.7. The van der Waals surface area contributed by atoms with Gasteiger partial charge in [-0.15, -0.1) is 0 Å². The van der Waals surface area contributed by atoms with E-state index in [0.717, 1.165) is 178 Å². The average molecular weight is 1420 g/mol. The molecule has 0 saturated carbocycles. The van der Waals surface area contributed by atoms with Gasteiger partial charge in [0.1, 0.15) is 22.3 Å². The monoisotopic (exact) mass is 1420 g/mol. The zero-order chi connectivity index (χ0) is 73.8. The molecule has 4 heterocycles. The van der Waals surface area contributed by atoms with Crippen LogP contribution in [0.1, 0.15) is 26.3 Å². The second kappa shape index (κ2) is 26.4. The fourth-order valence-corrected chi connectivity index (χ4v) is 17.6. The largest absolute Gasteiger partial charge is 0.455 e. The van der Waals surface area contributed by atoms with Crippen LogP contribution in [0.4, 0.5) is 34.1 Å². The third kappa shape index (κ3) is 11.1. The summed E-state index contributed by atoms with van der Waals surface area (Å²) < 4.78 is 15.0. The van der Waals surface area contributed by atoms with Gasteiger partial charge in [-0.25, -0.2) is 0 Å². The fraction of sp³-hybridized carbons (Fsp3) is 0.0377. The highest BCUT2D eigenvalue weighted by Crippen LogP contribution is 2.57. The zero-order valence-corrected chi connectivity index (χ0v) is 61.7. The molecule has 0 N–H and O–H groups in total. The van der Waals surface area contributed by atoms with Crippen molar-refractivity contribution in [3.8, 4) is 111 Å². The van der Waals surface area contributed by atoms with Gasteiger partial charge in [0, 0.05) is 55.8 Å². The lowest BCUT2D eigenvalue weighted by Crippen LogP contribution is -2.61. The topological polar surface area (TPSA) is 32.8 Å². The summed E-state index contributed by atoms with van der Waals surface area (Å²) in [5, 5.41) is 4.12. The number of anilines is 6. The van der Waals surface area contributed by atoms with Crippen molar-refractivity contribution in [2.24, 2.45) is 0 Å². The third-order valence-corrected chi connectivity index (χ3v) is 23.0. The third-order valence-electron chi connectivity index (χ3n) is 23.0. The summed E-state index contributed by atoms with van der Waals surface area (Å²) in [6.45, 7) is 6.79. The van der Waals surface area contributed by atoms with E-state index in [2.05, 4.69) is 419 Å². The Balaban J connectivity index is 0.942. The maximum atomic E-state index is 7.48. The van der Waals surface area contributed by atoms with Gasteiger partial charge in [-0.2, -0.15) is 0 Å². The first-order valence-electron chi connectivity index (χ1n) is 38.5. The van der Waals surface area contributed by atoms with Crippen LogP contribution in [0, 0.1) is 0 Å². The molecule has 2 aliphatic rings. The van der Waals surface area contributed by atoms with E-state index in [4.69, 9.17) is 8.83 Å². The molecule has 0 saturated heterocycles. The Bertz CT molecular complexity index is 6460. The lowest BCUT2D eigenvalue weighted by molar-refractivity contribution is 0.590. The molecule has 111 heavy (non-hydrogen) atoms. The SMILES string of the molecule is CC(C)(C)c1cc2c3c(c1)N(c1c(-c4cccc(-c5ccccc5)c4)cc(-c4ccccc4)c4oc5ccccc5c14)c1ccc(-c4cccc(-c5ccccc5)c4)cc1B3c1cc(-c3cccc(-c4ccccc4)c3)ccc1N2c1c(-c2cccc(-c3ccccc3)c2)cc(-c2ccccc2)c2oc3ccccc3c12. The van der Waals surface area contributed by atoms with Crippen LogP contribution in [-0.4, -0.2) is 6.71 Å². The number of hydrogen-bond acceptors (Lipinski definition) is 4. The van der Waals surface area contributed by atoms with E-state index in [1.165, 1.54) is 33.1 Å². The normalized spacial score (nSPS) is 12.4. The van der Waals surface area contributed by atoms with E-state index in [9.17, 15) is 0 Å². The molecule has 0 fully saturated rings. The van der Waals surface area contributed by atoms with Crippen molar-refractivity contribution in [3.63, 3.8) is 0 Å². The van der Waals surface area contributed by atoms with E-state index in [-0.39, 0.29) is 12.1 Å². The van der Waals surface area contributed by atoms with Crippen molar-refractivity contribution < 1.29 is 8.83 Å². The summed E-state index contributed by atoms with van der Waals surface area (Å²) in [5.74, 6) is 0. The summed E-state index contributed by atoms with van der Waals surface area (Å²) in [6.07, 6.45) is 0. The maximum Gasteiger partial charge on any atom is 0.252 e. The molecule has 0 radical (unpaired) electrons. The van der Waals surface area contributed by atoms with Crippen LogP contribution in [0.15, 0.2) is 397 Å². The van der Waals surface area contributed by atoms with E-state index < -0.39 is 0 Å². The predicted molar refractivity (Wildman–Crippen MR) is 468 cm³/mol. The smallest absolute Gasteiger partial charge is 0.252 e. The molecule has 17 aromatic carbocycles. The number of benzene rings is 17. The molecule has 5 heteroatoms. The average Bonchev–Trinajstić information content (AvgIpc) is 1.54. The number of para-hydroxylation sites is 2. The molecule has 4 nitrogen and oxygen atoms in total. The summed E-state index contributed by atoms with van der Waals surface area (Å²) in [7, 11) is 0. The standard InChI is InChI=1S/C106H73BN2O2/c1-106(2,3)84-64-95-101-96(65-84)109(103-88(83-49-29-45-77(61-83)71-36-16-7-17-37-71)67-90(73-40-20-9-21-41-73)105-100(103)86-51-23-25-53-98(86)111-105)94-57-55-81(79-47-27-43-75(59-79)69-32-12-5-13-33-69)63-92(94)107(101)91-62-80(78-46-26-42-74(58-78)68-30-10-4-11-31-68)54-56-93(91)108(95)102-87(82-48-28-44-76(60-82)70-34-14-6-15-35-70)66-89(72-38-18-8-19-39-72)104-99(102)85-50-22-24-52-97(85)110-104/h4-67H,1-3H3. The first kappa shape index (κ1) is 65.3. The second-order valence-electron chi connectivity index (χ2n) is 30.6. The molecule has 2 aliphatic heterocycles. The zero-order valence-electron chi connectivity index (χ0n) is 61.7. The van der Waals surface area contributed by atoms with Crippen molar-refractivity contribution in [1.82, 2.24) is 0 Å². The second-order valence-corrected chi connectivity index (χ2v) is 30.6. The quantitative estimate of drug-likeness (QED) is 0.114.